The monoisotopic (exact) mass is 80.0 g/mol. The molecule has 0 unspecified atom stereocenters. The van der Waals surface area contributed by atoms with Gasteiger partial charge in [-0.15, -0.1) is 5.10 Å². The number of rotatable bonds is 0. The van der Waals surface area contributed by atoms with E-state index in [0.29, 0.717) is 0 Å². The van der Waals surface area contributed by atoms with Crippen LogP contribution in [-0.4, -0.2) is 15.2 Å². The van der Waals surface area contributed by atoms with E-state index in [1.807, 2.05) is 0 Å². The summed E-state index contributed by atoms with van der Waals surface area (Å²) in [5, 5.41) is 6.81. The Balaban J connectivity index is 3.00. The minimum absolute atomic E-state index is 1.33. The molecule has 29 valence electrons. The summed E-state index contributed by atoms with van der Waals surface area (Å²) in [7, 11) is 0. The summed E-state index contributed by atoms with van der Waals surface area (Å²) < 4.78 is 0. The quantitative estimate of drug-likeness (QED) is 0.428. The van der Waals surface area contributed by atoms with E-state index in [0.717, 1.165) is 0 Å². The van der Waals surface area contributed by atoms with Gasteiger partial charge in [0.2, 0.25) is 0 Å². The normalized spacial score (nSPS) is 8.00. The van der Waals surface area contributed by atoms with Gasteiger partial charge in [0, 0.05) is 0 Å². The average Bonchev–Trinajstić information content (AvgIpc) is 1.72. The van der Waals surface area contributed by atoms with Crippen molar-refractivity contribution in [3.8, 4) is 0 Å². The Morgan fingerprint density at radius 3 is 2.50 bits per heavy atom. The average molecular weight is 80.1 g/mol. The number of hydrogen-bond donors (Lipinski definition) is 0. The van der Waals surface area contributed by atoms with Crippen LogP contribution in [0.3, 0.4) is 0 Å². The Morgan fingerprint density at radius 1 is 1.33 bits per heavy atom. The summed E-state index contributed by atoms with van der Waals surface area (Å²) in [4.78, 5) is 3.49. The van der Waals surface area contributed by atoms with Gasteiger partial charge in [-0.1, -0.05) is 0 Å². The highest BCUT2D eigenvalue weighted by molar-refractivity contribution is 4.55. The number of aromatic nitrogens is 3. The molecule has 0 amide bonds. The topological polar surface area (TPSA) is 38.7 Å². The van der Waals surface area contributed by atoms with Gasteiger partial charge in [-0.3, -0.25) is 0 Å². The van der Waals surface area contributed by atoms with Gasteiger partial charge in [-0.05, 0) is 0 Å². The van der Waals surface area contributed by atoms with E-state index in [1.165, 1.54) is 12.5 Å². The molecule has 0 aliphatic carbocycles. The van der Waals surface area contributed by atoms with Crippen LogP contribution in [0, 0.1) is 6.20 Å². The maximum absolute atomic E-state index is 3.49. The fourth-order valence-corrected chi connectivity index (χ4v) is 0.181. The molecule has 1 rings (SSSR count). The van der Waals surface area contributed by atoms with Gasteiger partial charge < -0.3 is 0 Å². The van der Waals surface area contributed by atoms with Crippen molar-refractivity contribution in [2.75, 3.05) is 0 Å². The third-order valence-electron chi connectivity index (χ3n) is 0.366. The van der Waals surface area contributed by atoms with E-state index in [2.05, 4.69) is 21.4 Å². The van der Waals surface area contributed by atoms with Crippen LogP contribution < -0.4 is 0 Å². The zero-order chi connectivity index (χ0) is 4.24. The Labute approximate surface area is 35.1 Å². The molecule has 0 aromatic carbocycles. The van der Waals surface area contributed by atoms with Gasteiger partial charge in [0.05, 0.1) is 6.20 Å². The largest absolute Gasteiger partial charge is 0.231 e. The number of nitrogens with zero attached hydrogens (tertiary/aromatic N) is 3. The highest BCUT2D eigenvalue weighted by Crippen LogP contribution is 1.57. The molecule has 0 atom stereocenters. The highest BCUT2D eigenvalue weighted by Gasteiger charge is 1.61. The molecule has 0 spiro atoms. The van der Waals surface area contributed by atoms with Crippen molar-refractivity contribution in [2.45, 2.75) is 0 Å². The lowest BCUT2D eigenvalue weighted by atomic mass is 10.9. The fraction of sp³-hybridized carbons (Fsp3) is 0. The second-order valence-electron chi connectivity index (χ2n) is 0.734. The maximum Gasteiger partial charge on any atom is 0.138 e. The lowest BCUT2D eigenvalue weighted by Crippen LogP contribution is -1.76. The molecule has 0 saturated heterocycles. The Hall–Kier alpha value is -0.990. The van der Waals surface area contributed by atoms with Crippen molar-refractivity contribution in [3.63, 3.8) is 0 Å². The molecule has 6 heavy (non-hydrogen) atoms. The van der Waals surface area contributed by atoms with Crippen LogP contribution in [0.25, 0.3) is 0 Å². The van der Waals surface area contributed by atoms with E-state index in [9.17, 15) is 0 Å². The van der Waals surface area contributed by atoms with E-state index in [-0.39, 0.29) is 0 Å². The number of hydrogen-bond acceptors (Lipinski definition) is 3. The van der Waals surface area contributed by atoms with Crippen molar-refractivity contribution in [1.29, 1.82) is 0 Å². The Kier molecular flexibility index (Phi) is 0.774. The van der Waals surface area contributed by atoms with Crippen molar-refractivity contribution in [3.05, 3.63) is 18.7 Å². The minimum Gasteiger partial charge on any atom is -0.231 e. The predicted molar refractivity (Wildman–Crippen MR) is 18.7 cm³/mol. The van der Waals surface area contributed by atoms with Crippen LogP contribution in [0.4, 0.5) is 0 Å². The van der Waals surface area contributed by atoms with E-state index in [1.54, 1.807) is 0 Å². The Morgan fingerprint density at radius 2 is 2.33 bits per heavy atom. The van der Waals surface area contributed by atoms with Gasteiger partial charge in [-0.2, -0.15) is 5.10 Å². The van der Waals surface area contributed by atoms with Crippen LogP contribution in [0.15, 0.2) is 12.5 Å². The van der Waals surface area contributed by atoms with Crippen LogP contribution in [0.2, 0.25) is 0 Å². The van der Waals surface area contributed by atoms with Gasteiger partial charge in [0.25, 0.3) is 0 Å². The molecule has 0 N–H and O–H groups in total. The SMILES string of the molecule is [c]1cnncn1. The molecule has 0 bridgehead atoms. The van der Waals surface area contributed by atoms with E-state index in [4.69, 9.17) is 0 Å². The van der Waals surface area contributed by atoms with Gasteiger partial charge in [0.1, 0.15) is 12.5 Å². The zero-order valence-electron chi connectivity index (χ0n) is 3.00. The summed E-state index contributed by atoms with van der Waals surface area (Å²) in [6.45, 7) is 0. The van der Waals surface area contributed by atoms with Crippen molar-refractivity contribution in [2.24, 2.45) is 0 Å². The third kappa shape index (κ3) is 0.484. The first-order valence-corrected chi connectivity index (χ1v) is 1.49. The van der Waals surface area contributed by atoms with Gasteiger partial charge >= 0.3 is 0 Å². The summed E-state index contributed by atoms with van der Waals surface area (Å²) in [6.07, 6.45) is 5.20. The molecule has 1 aromatic rings. The second-order valence-corrected chi connectivity index (χ2v) is 0.734. The summed E-state index contributed by atoms with van der Waals surface area (Å²) in [5.41, 5.74) is 0. The summed E-state index contributed by atoms with van der Waals surface area (Å²) in [5.74, 6) is 0. The lowest BCUT2D eigenvalue weighted by Gasteiger charge is -1.67. The predicted octanol–water partition coefficient (Wildman–Crippen LogP) is -0.328. The molecular formula is C3H2N3. The lowest BCUT2D eigenvalue weighted by molar-refractivity contribution is 0.964. The van der Waals surface area contributed by atoms with Crippen molar-refractivity contribution < 1.29 is 0 Å². The van der Waals surface area contributed by atoms with Crippen LogP contribution in [0.1, 0.15) is 0 Å². The zero-order valence-corrected chi connectivity index (χ0v) is 3.00. The molecule has 3 nitrogen and oxygen atoms in total. The van der Waals surface area contributed by atoms with E-state index >= 15 is 0 Å². The molecule has 3 heteroatoms. The molecule has 1 aromatic heterocycles. The first kappa shape index (κ1) is 3.21. The third-order valence-corrected chi connectivity index (χ3v) is 0.366. The fourth-order valence-electron chi connectivity index (χ4n) is 0.181. The Bertz CT molecular complexity index is 78.0. The van der Waals surface area contributed by atoms with Crippen LogP contribution in [0.5, 0.6) is 0 Å². The summed E-state index contributed by atoms with van der Waals surface area (Å²) >= 11 is 0. The molecule has 0 aliphatic heterocycles. The standard InChI is InChI=1S/C3H2N3/c1-2-5-6-3-4-1/h2-3H. The second kappa shape index (κ2) is 1.45. The first-order valence-electron chi connectivity index (χ1n) is 1.49. The van der Waals surface area contributed by atoms with Crippen molar-refractivity contribution in [1.82, 2.24) is 15.2 Å². The molecular weight excluding hydrogens is 78.1 g/mol. The molecule has 0 fully saturated rings. The van der Waals surface area contributed by atoms with E-state index < -0.39 is 0 Å². The van der Waals surface area contributed by atoms with Gasteiger partial charge in [0.15, 0.2) is 0 Å². The minimum atomic E-state index is 1.33. The maximum atomic E-state index is 3.49. The molecule has 0 saturated carbocycles. The first-order chi connectivity index (χ1) is 3.00. The van der Waals surface area contributed by atoms with Gasteiger partial charge in [-0.25, -0.2) is 4.98 Å². The van der Waals surface area contributed by atoms with Crippen LogP contribution >= 0.6 is 0 Å². The molecule has 0 aliphatic rings. The highest BCUT2D eigenvalue weighted by atomic mass is 15.1. The van der Waals surface area contributed by atoms with Crippen molar-refractivity contribution >= 4 is 0 Å². The summed E-state index contributed by atoms with van der Waals surface area (Å²) in [6, 6.07) is 0. The molecule has 1 heterocycles. The molecule has 1 radical (unpaired) electrons. The smallest absolute Gasteiger partial charge is 0.138 e. The van der Waals surface area contributed by atoms with Crippen LogP contribution in [-0.2, 0) is 0 Å².